The van der Waals surface area contributed by atoms with E-state index in [1.165, 1.54) is 11.8 Å². The summed E-state index contributed by atoms with van der Waals surface area (Å²) in [6.07, 6.45) is -1.14. The molecule has 1 rings (SSSR count). The van der Waals surface area contributed by atoms with Crippen molar-refractivity contribution in [3.63, 3.8) is 0 Å². The zero-order valence-corrected chi connectivity index (χ0v) is 6.20. The minimum atomic E-state index is -0.705. The fourth-order valence-corrected chi connectivity index (χ4v) is 0.666. The second-order valence-electron chi connectivity index (χ2n) is 2.20. The van der Waals surface area contributed by atoms with E-state index in [-0.39, 0.29) is 0 Å². The SMILES string of the molecule is CC(O)C#CN1CCOC1=O. The summed E-state index contributed by atoms with van der Waals surface area (Å²) in [5, 5.41) is 8.75. The first-order valence-corrected chi connectivity index (χ1v) is 3.33. The van der Waals surface area contributed by atoms with Gasteiger partial charge in [0.15, 0.2) is 0 Å². The maximum Gasteiger partial charge on any atom is 0.421 e. The molecule has 1 aliphatic rings. The highest BCUT2D eigenvalue weighted by Gasteiger charge is 2.19. The number of carbonyl (C=O) groups is 1. The maximum absolute atomic E-state index is 10.7. The molecule has 4 heteroatoms. The Balaban J connectivity index is 2.50. The molecule has 0 aromatic heterocycles. The Bertz CT molecular complexity index is 213. The summed E-state index contributed by atoms with van der Waals surface area (Å²) >= 11 is 0. The first-order valence-electron chi connectivity index (χ1n) is 3.33. The Morgan fingerprint density at radius 3 is 3.00 bits per heavy atom. The normalized spacial score (nSPS) is 18.7. The van der Waals surface area contributed by atoms with Gasteiger partial charge in [0.2, 0.25) is 0 Å². The molecule has 0 bridgehead atoms. The van der Waals surface area contributed by atoms with Crippen molar-refractivity contribution in [2.45, 2.75) is 13.0 Å². The van der Waals surface area contributed by atoms with Crippen LogP contribution in [0, 0.1) is 12.0 Å². The third-order valence-corrected chi connectivity index (χ3v) is 1.17. The molecule has 0 saturated carbocycles. The number of rotatable bonds is 0. The summed E-state index contributed by atoms with van der Waals surface area (Å²) in [6.45, 7) is 2.40. The van der Waals surface area contributed by atoms with E-state index < -0.39 is 12.2 Å². The van der Waals surface area contributed by atoms with Gasteiger partial charge in [-0.05, 0) is 12.8 Å². The third-order valence-electron chi connectivity index (χ3n) is 1.17. The number of aliphatic hydroxyl groups excluding tert-OH is 1. The third kappa shape index (κ3) is 2.13. The van der Waals surface area contributed by atoms with Gasteiger partial charge in [-0.3, -0.25) is 0 Å². The molecule has 1 aliphatic heterocycles. The zero-order valence-electron chi connectivity index (χ0n) is 6.20. The number of hydrogen-bond donors (Lipinski definition) is 1. The van der Waals surface area contributed by atoms with Crippen molar-refractivity contribution >= 4 is 6.09 Å². The van der Waals surface area contributed by atoms with E-state index in [4.69, 9.17) is 5.11 Å². The Labute approximate surface area is 64.8 Å². The van der Waals surface area contributed by atoms with Crippen LogP contribution < -0.4 is 0 Å². The van der Waals surface area contributed by atoms with Crippen LogP contribution >= 0.6 is 0 Å². The number of ether oxygens (including phenoxy) is 1. The van der Waals surface area contributed by atoms with Gasteiger partial charge < -0.3 is 9.84 Å². The first-order chi connectivity index (χ1) is 5.20. The van der Waals surface area contributed by atoms with Crippen LogP contribution in [0.25, 0.3) is 0 Å². The average molecular weight is 155 g/mol. The Morgan fingerprint density at radius 1 is 1.82 bits per heavy atom. The van der Waals surface area contributed by atoms with Crippen molar-refractivity contribution in [3.05, 3.63) is 0 Å². The summed E-state index contributed by atoms with van der Waals surface area (Å²) in [5.41, 5.74) is 0. The largest absolute Gasteiger partial charge is 0.447 e. The highest BCUT2D eigenvalue weighted by atomic mass is 16.6. The summed E-state index contributed by atoms with van der Waals surface area (Å²) in [4.78, 5) is 11.9. The van der Waals surface area contributed by atoms with Gasteiger partial charge in [0, 0.05) is 6.04 Å². The zero-order chi connectivity index (χ0) is 8.27. The van der Waals surface area contributed by atoms with Crippen LogP contribution in [0.5, 0.6) is 0 Å². The van der Waals surface area contributed by atoms with Crippen LogP contribution in [0.4, 0.5) is 4.79 Å². The second kappa shape index (κ2) is 3.26. The lowest BCUT2D eigenvalue weighted by Crippen LogP contribution is -2.18. The van der Waals surface area contributed by atoms with Crippen molar-refractivity contribution in [3.8, 4) is 12.0 Å². The highest BCUT2D eigenvalue weighted by Crippen LogP contribution is 1.99. The Hall–Kier alpha value is -1.21. The quantitative estimate of drug-likeness (QED) is 0.492. The van der Waals surface area contributed by atoms with Gasteiger partial charge in [0.1, 0.15) is 12.7 Å². The Kier molecular flexibility index (Phi) is 2.34. The van der Waals surface area contributed by atoms with E-state index in [0.29, 0.717) is 13.2 Å². The fourth-order valence-electron chi connectivity index (χ4n) is 0.666. The van der Waals surface area contributed by atoms with Crippen molar-refractivity contribution in [2.75, 3.05) is 13.2 Å². The van der Waals surface area contributed by atoms with Gasteiger partial charge >= 0.3 is 6.09 Å². The maximum atomic E-state index is 10.7. The van der Waals surface area contributed by atoms with E-state index in [1.807, 2.05) is 0 Å². The molecule has 1 amide bonds. The lowest BCUT2D eigenvalue weighted by Gasteiger charge is -1.99. The van der Waals surface area contributed by atoms with Crippen molar-refractivity contribution in [1.82, 2.24) is 4.90 Å². The van der Waals surface area contributed by atoms with E-state index in [1.54, 1.807) is 0 Å². The van der Waals surface area contributed by atoms with Crippen LogP contribution in [0.2, 0.25) is 0 Å². The van der Waals surface area contributed by atoms with E-state index >= 15 is 0 Å². The van der Waals surface area contributed by atoms with Gasteiger partial charge in [-0.25, -0.2) is 9.69 Å². The molecule has 0 aromatic carbocycles. The summed E-state index contributed by atoms with van der Waals surface area (Å²) in [7, 11) is 0. The highest BCUT2D eigenvalue weighted by molar-refractivity contribution is 5.71. The molecule has 11 heavy (non-hydrogen) atoms. The molecule has 1 unspecified atom stereocenters. The minimum absolute atomic E-state index is 0.382. The van der Waals surface area contributed by atoms with Crippen LogP contribution in [0.3, 0.4) is 0 Å². The molecule has 0 aromatic rings. The molecule has 1 atom stereocenters. The second-order valence-corrected chi connectivity index (χ2v) is 2.20. The summed E-state index contributed by atoms with van der Waals surface area (Å²) in [6, 6.07) is 2.49. The fraction of sp³-hybridized carbons (Fsp3) is 0.571. The van der Waals surface area contributed by atoms with Crippen molar-refractivity contribution in [2.24, 2.45) is 0 Å². The average Bonchev–Trinajstić information content (AvgIpc) is 2.31. The minimum Gasteiger partial charge on any atom is -0.447 e. The number of nitrogens with zero attached hydrogens (tertiary/aromatic N) is 1. The molecule has 0 aliphatic carbocycles. The molecule has 0 radical (unpaired) electrons. The molecule has 1 N–H and O–H groups in total. The predicted molar refractivity (Wildman–Crippen MR) is 37.5 cm³/mol. The van der Waals surface area contributed by atoms with Crippen molar-refractivity contribution in [1.29, 1.82) is 0 Å². The number of hydrogen-bond acceptors (Lipinski definition) is 3. The van der Waals surface area contributed by atoms with Gasteiger partial charge in [-0.2, -0.15) is 0 Å². The standard InChI is InChI=1S/C7H9NO3/c1-6(9)2-3-8-4-5-11-7(8)10/h6,9H,4-5H2,1H3. The molecule has 1 fully saturated rings. The molecule has 1 heterocycles. The molecule has 4 nitrogen and oxygen atoms in total. The predicted octanol–water partition coefficient (Wildman–Crippen LogP) is -0.220. The number of cyclic esters (lactones) is 1. The molecule has 1 saturated heterocycles. The lowest BCUT2D eigenvalue weighted by atomic mass is 10.4. The first kappa shape index (κ1) is 7.89. The van der Waals surface area contributed by atoms with Gasteiger partial charge in [0.25, 0.3) is 0 Å². The van der Waals surface area contributed by atoms with E-state index in [0.717, 1.165) is 0 Å². The van der Waals surface area contributed by atoms with E-state index in [9.17, 15) is 4.79 Å². The monoisotopic (exact) mass is 155 g/mol. The van der Waals surface area contributed by atoms with Gasteiger partial charge in [-0.1, -0.05) is 0 Å². The van der Waals surface area contributed by atoms with Gasteiger partial charge in [0.05, 0.1) is 6.54 Å². The van der Waals surface area contributed by atoms with Crippen LogP contribution in [-0.4, -0.2) is 35.4 Å². The molecular weight excluding hydrogens is 146 g/mol. The molecule has 0 spiro atoms. The smallest absolute Gasteiger partial charge is 0.421 e. The Morgan fingerprint density at radius 2 is 2.55 bits per heavy atom. The molecule has 60 valence electrons. The number of carbonyl (C=O) groups excluding carboxylic acids is 1. The number of amides is 1. The van der Waals surface area contributed by atoms with E-state index in [2.05, 4.69) is 16.7 Å². The van der Waals surface area contributed by atoms with Crippen LogP contribution in [0.1, 0.15) is 6.92 Å². The van der Waals surface area contributed by atoms with Crippen molar-refractivity contribution < 1.29 is 14.6 Å². The van der Waals surface area contributed by atoms with Crippen LogP contribution in [-0.2, 0) is 4.74 Å². The summed E-state index contributed by atoms with van der Waals surface area (Å²) in [5.74, 6) is 2.45. The lowest BCUT2D eigenvalue weighted by molar-refractivity contribution is 0.167. The van der Waals surface area contributed by atoms with Gasteiger partial charge in [-0.15, -0.1) is 0 Å². The topological polar surface area (TPSA) is 49.8 Å². The summed E-state index contributed by atoms with van der Waals surface area (Å²) < 4.78 is 4.60. The number of aliphatic hydroxyl groups is 1. The van der Waals surface area contributed by atoms with Crippen LogP contribution in [0.15, 0.2) is 0 Å². The molecular formula is C7H9NO3.